The first kappa shape index (κ1) is 25.6. The molecule has 1 atom stereocenters. The maximum atomic E-state index is 13.5. The molecule has 0 radical (unpaired) electrons. The van der Waals surface area contributed by atoms with E-state index in [0.29, 0.717) is 18.8 Å². The van der Waals surface area contributed by atoms with Gasteiger partial charge in [0.2, 0.25) is 5.91 Å². The predicted octanol–water partition coefficient (Wildman–Crippen LogP) is 4.24. The number of fused-ring (bicyclic) bond motifs is 1. The van der Waals surface area contributed by atoms with Gasteiger partial charge in [-0.15, -0.1) is 0 Å². The third-order valence-corrected chi connectivity index (χ3v) is 10.4. The Hall–Kier alpha value is -2.52. The summed E-state index contributed by atoms with van der Waals surface area (Å²) < 4.78 is -0.288. The molecule has 0 saturated heterocycles. The lowest BCUT2D eigenvalue weighted by Crippen LogP contribution is -2.48. The molecule has 0 spiro atoms. The minimum atomic E-state index is -1.05. The summed E-state index contributed by atoms with van der Waals surface area (Å²) >= 11 is 0. The fourth-order valence-corrected chi connectivity index (χ4v) is 7.00. The summed E-state index contributed by atoms with van der Waals surface area (Å²) in [5.74, 6) is 0.545. The SMILES string of the molecule is CC(C)(O)C[C@@H](NC(=O)N1Cc2c(NC(=O)C3(S(C)(C)C)CC3)n[nH]c2C1(C)C)c1ccccc1. The third-order valence-electron chi connectivity index (χ3n) is 7.44. The lowest BCUT2D eigenvalue weighted by Gasteiger charge is -2.35. The van der Waals surface area contributed by atoms with Crippen molar-refractivity contribution in [3.05, 3.63) is 47.2 Å². The van der Waals surface area contributed by atoms with Crippen LogP contribution >= 0.6 is 10.0 Å². The Morgan fingerprint density at radius 3 is 2.37 bits per heavy atom. The van der Waals surface area contributed by atoms with Gasteiger partial charge in [0.05, 0.1) is 34.2 Å². The molecule has 2 aromatic rings. The highest BCUT2D eigenvalue weighted by Crippen LogP contribution is 2.64. The monoisotopic (exact) mass is 501 g/mol. The van der Waals surface area contributed by atoms with Gasteiger partial charge < -0.3 is 20.6 Å². The molecule has 8 nitrogen and oxygen atoms in total. The van der Waals surface area contributed by atoms with E-state index in [-0.39, 0.29) is 22.7 Å². The van der Waals surface area contributed by atoms with E-state index in [2.05, 4.69) is 39.6 Å². The number of aromatic amines is 1. The molecular formula is C26H39N5O3S. The van der Waals surface area contributed by atoms with Crippen LogP contribution in [0.15, 0.2) is 30.3 Å². The van der Waals surface area contributed by atoms with Gasteiger partial charge in [-0.25, -0.2) is 14.8 Å². The number of H-pyrrole nitrogens is 1. The number of hydrogen-bond acceptors (Lipinski definition) is 4. The van der Waals surface area contributed by atoms with Crippen molar-refractivity contribution in [1.82, 2.24) is 20.4 Å². The quantitative estimate of drug-likeness (QED) is 0.455. The average molecular weight is 502 g/mol. The minimum Gasteiger partial charge on any atom is -0.390 e. The van der Waals surface area contributed by atoms with Crippen LogP contribution in [0.4, 0.5) is 10.6 Å². The van der Waals surface area contributed by atoms with E-state index in [1.165, 1.54) is 0 Å². The van der Waals surface area contributed by atoms with Gasteiger partial charge in [-0.2, -0.15) is 5.10 Å². The molecule has 3 amide bonds. The summed E-state index contributed by atoms with van der Waals surface area (Å²) in [7, 11) is -1.05. The van der Waals surface area contributed by atoms with Crippen molar-refractivity contribution in [1.29, 1.82) is 0 Å². The molecule has 2 heterocycles. The highest BCUT2D eigenvalue weighted by molar-refractivity contribution is 8.34. The van der Waals surface area contributed by atoms with Crippen LogP contribution in [0.2, 0.25) is 0 Å². The number of benzene rings is 1. The normalized spacial score (nSPS) is 19.6. The van der Waals surface area contributed by atoms with Crippen molar-refractivity contribution in [2.45, 2.75) is 75.4 Å². The number of carbonyl (C=O) groups excluding carboxylic acids is 2. The van der Waals surface area contributed by atoms with Gasteiger partial charge in [-0.3, -0.25) is 9.89 Å². The van der Waals surface area contributed by atoms with Crippen molar-refractivity contribution < 1.29 is 14.7 Å². The zero-order valence-corrected chi connectivity index (χ0v) is 22.7. The Labute approximate surface area is 209 Å². The molecule has 2 aliphatic rings. The molecular weight excluding hydrogens is 462 g/mol. The second-order valence-corrected chi connectivity index (χ2v) is 16.2. The highest BCUT2D eigenvalue weighted by atomic mass is 32.3. The molecule has 0 bridgehead atoms. The summed E-state index contributed by atoms with van der Waals surface area (Å²) in [5, 5.41) is 24.2. The van der Waals surface area contributed by atoms with Crippen LogP contribution in [-0.2, 0) is 16.9 Å². The van der Waals surface area contributed by atoms with E-state index in [4.69, 9.17) is 0 Å². The van der Waals surface area contributed by atoms with Gasteiger partial charge >= 0.3 is 6.03 Å². The van der Waals surface area contributed by atoms with Crippen molar-refractivity contribution in [3.63, 3.8) is 0 Å². The first-order valence-electron chi connectivity index (χ1n) is 12.1. The molecule has 1 fully saturated rings. The number of aliphatic hydroxyl groups is 1. The molecule has 1 aliphatic heterocycles. The van der Waals surface area contributed by atoms with Gasteiger partial charge in [0.1, 0.15) is 0 Å². The zero-order valence-electron chi connectivity index (χ0n) is 21.9. The van der Waals surface area contributed by atoms with Crippen molar-refractivity contribution in [2.75, 3.05) is 24.1 Å². The second kappa shape index (κ2) is 8.55. The van der Waals surface area contributed by atoms with E-state index < -0.39 is 21.2 Å². The summed E-state index contributed by atoms with van der Waals surface area (Å²) in [6, 6.07) is 9.12. The number of hydrogen-bond donors (Lipinski definition) is 4. The Bertz CT molecular complexity index is 1110. The number of nitrogens with zero attached hydrogens (tertiary/aromatic N) is 2. The van der Waals surface area contributed by atoms with Crippen LogP contribution in [-0.4, -0.2) is 61.3 Å². The molecule has 1 aromatic heterocycles. The molecule has 1 saturated carbocycles. The van der Waals surface area contributed by atoms with Crippen molar-refractivity contribution >= 4 is 27.8 Å². The van der Waals surface area contributed by atoms with Crippen LogP contribution in [0.1, 0.15) is 69.8 Å². The van der Waals surface area contributed by atoms with Gasteiger partial charge in [0, 0.05) is 12.0 Å². The van der Waals surface area contributed by atoms with E-state index in [1.54, 1.807) is 18.7 Å². The summed E-state index contributed by atoms with van der Waals surface area (Å²) in [5.41, 5.74) is 1.02. The lowest BCUT2D eigenvalue weighted by atomic mass is 9.94. The third kappa shape index (κ3) is 4.80. The molecule has 4 rings (SSSR count). The van der Waals surface area contributed by atoms with Crippen LogP contribution < -0.4 is 10.6 Å². The minimum absolute atomic E-state index is 0.0318. The Kier molecular flexibility index (Phi) is 6.25. The smallest absolute Gasteiger partial charge is 0.318 e. The first-order valence-corrected chi connectivity index (χ1v) is 14.9. The van der Waals surface area contributed by atoms with Gasteiger partial charge in [-0.05, 0) is 64.9 Å². The maximum absolute atomic E-state index is 13.5. The molecule has 1 aliphatic carbocycles. The Morgan fingerprint density at radius 1 is 1.20 bits per heavy atom. The molecule has 192 valence electrons. The largest absolute Gasteiger partial charge is 0.390 e. The second-order valence-electron chi connectivity index (χ2n) is 11.8. The van der Waals surface area contributed by atoms with E-state index in [9.17, 15) is 14.7 Å². The van der Waals surface area contributed by atoms with Gasteiger partial charge in [0.15, 0.2) is 5.82 Å². The number of nitrogens with one attached hydrogen (secondary N) is 3. The number of urea groups is 1. The fraction of sp³-hybridized carbons (Fsp3) is 0.577. The van der Waals surface area contributed by atoms with Crippen molar-refractivity contribution in [3.8, 4) is 0 Å². The summed E-state index contributed by atoms with van der Waals surface area (Å²) in [4.78, 5) is 28.5. The molecule has 1 aromatic carbocycles. The van der Waals surface area contributed by atoms with Crippen LogP contribution in [0.3, 0.4) is 0 Å². The van der Waals surface area contributed by atoms with Crippen molar-refractivity contribution in [2.24, 2.45) is 0 Å². The number of anilines is 1. The van der Waals surface area contributed by atoms with Gasteiger partial charge in [-0.1, -0.05) is 30.3 Å². The topological polar surface area (TPSA) is 110 Å². The number of aromatic nitrogens is 2. The summed E-state index contributed by atoms with van der Waals surface area (Å²) in [6.45, 7) is 7.76. The zero-order chi connectivity index (χ0) is 25.8. The van der Waals surface area contributed by atoms with E-state index in [1.807, 2.05) is 44.2 Å². The van der Waals surface area contributed by atoms with Crippen LogP contribution in [0.5, 0.6) is 0 Å². The molecule has 0 unspecified atom stereocenters. The Morgan fingerprint density at radius 2 is 1.83 bits per heavy atom. The standard InChI is InChI=1S/C26H39N5O3S/c1-24(2,34)15-19(17-11-9-8-10-12-17)27-23(33)31-16-18-20(25(31,3)4)29-30-21(18)28-22(32)26(13-14-26)35(5,6)7/h8-12,19,34H,13-16H2,1-7H3,(H,27,33)(H2,28,29,30,32)/t19-/m1/s1. The average Bonchev–Trinajstić information content (AvgIpc) is 3.41. The predicted molar refractivity (Wildman–Crippen MR) is 142 cm³/mol. The van der Waals surface area contributed by atoms with Crippen LogP contribution in [0.25, 0.3) is 0 Å². The first-order chi connectivity index (χ1) is 16.2. The lowest BCUT2D eigenvalue weighted by molar-refractivity contribution is -0.116. The molecule has 35 heavy (non-hydrogen) atoms. The number of amides is 3. The highest BCUT2D eigenvalue weighted by Gasteiger charge is 2.56. The van der Waals surface area contributed by atoms with E-state index in [0.717, 1.165) is 29.7 Å². The maximum Gasteiger partial charge on any atom is 0.318 e. The molecule has 4 N–H and O–H groups in total. The van der Waals surface area contributed by atoms with E-state index >= 15 is 0 Å². The van der Waals surface area contributed by atoms with Gasteiger partial charge in [0.25, 0.3) is 0 Å². The summed E-state index contributed by atoms with van der Waals surface area (Å²) in [6.07, 6.45) is 8.74. The fourth-order valence-electron chi connectivity index (χ4n) is 5.06. The molecule has 9 heteroatoms. The number of rotatable bonds is 7. The Balaban J connectivity index is 1.53. The van der Waals surface area contributed by atoms with Crippen LogP contribution in [0, 0.1) is 0 Å². The number of carbonyl (C=O) groups is 2.